The highest BCUT2D eigenvalue weighted by molar-refractivity contribution is 6.31. The predicted molar refractivity (Wildman–Crippen MR) is 82.4 cm³/mol. The van der Waals surface area contributed by atoms with E-state index in [2.05, 4.69) is 5.32 Å². The minimum atomic E-state index is -0.267. The molecule has 0 atom stereocenters. The standard InChI is InChI=1S/C15H14ClN3O2/c1-9-8-18(2)14-13(9)19(12(20)7-16)11-6-4-3-5-10(11)17-15(14)21/h3-6,8H,7H2,1-2H3,(H,17,21). The van der Waals surface area contributed by atoms with Crippen LogP contribution in [0.3, 0.4) is 0 Å². The fraction of sp³-hybridized carbons (Fsp3) is 0.200. The number of alkyl halides is 1. The number of carbonyl (C=O) groups is 2. The molecule has 1 aliphatic rings. The zero-order valence-electron chi connectivity index (χ0n) is 11.7. The van der Waals surface area contributed by atoms with E-state index in [1.54, 1.807) is 23.7 Å². The van der Waals surface area contributed by atoms with Crippen LogP contribution in [0.25, 0.3) is 0 Å². The fourth-order valence-corrected chi connectivity index (χ4v) is 2.83. The Morgan fingerprint density at radius 3 is 2.76 bits per heavy atom. The van der Waals surface area contributed by atoms with Crippen LogP contribution in [0, 0.1) is 6.92 Å². The molecule has 21 heavy (non-hydrogen) atoms. The lowest BCUT2D eigenvalue weighted by atomic mass is 10.2. The van der Waals surface area contributed by atoms with Crippen LogP contribution in [0.4, 0.5) is 17.1 Å². The summed E-state index contributed by atoms with van der Waals surface area (Å²) in [6.45, 7) is 1.87. The quantitative estimate of drug-likeness (QED) is 0.824. The molecule has 5 nitrogen and oxygen atoms in total. The lowest BCUT2D eigenvalue weighted by Crippen LogP contribution is -2.27. The SMILES string of the molecule is Cc1cn(C)c2c1N(C(=O)CCl)c1ccccc1NC2=O. The number of nitrogens with zero attached hydrogens (tertiary/aromatic N) is 2. The van der Waals surface area contributed by atoms with Gasteiger partial charge in [-0.05, 0) is 24.6 Å². The number of anilines is 3. The van der Waals surface area contributed by atoms with Crippen molar-refractivity contribution in [2.45, 2.75) is 6.92 Å². The van der Waals surface area contributed by atoms with Crippen LogP contribution >= 0.6 is 11.6 Å². The zero-order valence-corrected chi connectivity index (χ0v) is 12.4. The first-order chi connectivity index (χ1) is 10.0. The molecule has 0 unspecified atom stereocenters. The predicted octanol–water partition coefficient (Wildman–Crippen LogP) is 2.80. The summed E-state index contributed by atoms with van der Waals surface area (Å²) in [5.41, 5.74) is 3.10. The molecular weight excluding hydrogens is 290 g/mol. The molecule has 0 aliphatic carbocycles. The van der Waals surface area contributed by atoms with Crippen LogP contribution in [0.15, 0.2) is 30.5 Å². The number of carbonyl (C=O) groups excluding carboxylic acids is 2. The van der Waals surface area contributed by atoms with E-state index in [-0.39, 0.29) is 17.7 Å². The average molecular weight is 304 g/mol. The number of halogens is 1. The highest BCUT2D eigenvalue weighted by Crippen LogP contribution is 2.40. The molecule has 2 amide bonds. The number of hydrogen-bond donors (Lipinski definition) is 1. The number of fused-ring (bicyclic) bond motifs is 2. The van der Waals surface area contributed by atoms with Crippen molar-refractivity contribution in [1.29, 1.82) is 0 Å². The summed E-state index contributed by atoms with van der Waals surface area (Å²) in [6, 6.07) is 7.19. The minimum absolute atomic E-state index is 0.156. The molecule has 0 fully saturated rings. The van der Waals surface area contributed by atoms with E-state index in [9.17, 15) is 9.59 Å². The number of benzene rings is 1. The van der Waals surface area contributed by atoms with Crippen molar-refractivity contribution in [2.75, 3.05) is 16.1 Å². The fourth-order valence-electron chi connectivity index (χ4n) is 2.72. The van der Waals surface area contributed by atoms with Crippen molar-refractivity contribution < 1.29 is 9.59 Å². The second-order valence-electron chi connectivity index (χ2n) is 4.95. The highest BCUT2D eigenvalue weighted by atomic mass is 35.5. The molecule has 1 aliphatic heterocycles. The number of aromatic nitrogens is 1. The van der Waals surface area contributed by atoms with Gasteiger partial charge in [-0.2, -0.15) is 0 Å². The molecule has 0 radical (unpaired) electrons. The Labute approximate surface area is 127 Å². The maximum absolute atomic E-state index is 12.5. The third-order valence-corrected chi connectivity index (χ3v) is 3.76. The van der Waals surface area contributed by atoms with Gasteiger partial charge in [0.2, 0.25) is 5.91 Å². The Bertz CT molecular complexity index is 751. The van der Waals surface area contributed by atoms with Gasteiger partial charge >= 0.3 is 0 Å². The smallest absolute Gasteiger partial charge is 0.274 e. The van der Waals surface area contributed by atoms with E-state index in [1.165, 1.54) is 4.90 Å². The molecule has 0 saturated carbocycles. The molecule has 1 aromatic carbocycles. The monoisotopic (exact) mass is 303 g/mol. The van der Waals surface area contributed by atoms with Gasteiger partial charge < -0.3 is 9.88 Å². The molecule has 2 aromatic rings. The molecule has 0 bridgehead atoms. The topological polar surface area (TPSA) is 54.3 Å². The van der Waals surface area contributed by atoms with Gasteiger partial charge in [0.1, 0.15) is 11.6 Å². The number of hydrogen-bond acceptors (Lipinski definition) is 2. The second-order valence-corrected chi connectivity index (χ2v) is 5.22. The van der Waals surface area contributed by atoms with Crippen LogP contribution in [0.1, 0.15) is 16.1 Å². The summed E-state index contributed by atoms with van der Waals surface area (Å²) >= 11 is 5.76. The Kier molecular flexibility index (Phi) is 3.22. The first kappa shape index (κ1) is 13.7. The molecule has 0 spiro atoms. The van der Waals surface area contributed by atoms with Gasteiger partial charge in [0.15, 0.2) is 0 Å². The normalized spacial score (nSPS) is 13.3. The molecule has 1 N–H and O–H groups in total. The lowest BCUT2D eigenvalue weighted by Gasteiger charge is -2.22. The third-order valence-electron chi connectivity index (χ3n) is 3.53. The molecular formula is C15H14ClN3O2. The molecule has 1 aromatic heterocycles. The summed E-state index contributed by atoms with van der Waals surface area (Å²) in [4.78, 5) is 26.3. The average Bonchev–Trinajstić information content (AvgIpc) is 2.67. The number of amides is 2. The van der Waals surface area contributed by atoms with E-state index in [0.717, 1.165) is 5.56 Å². The number of rotatable bonds is 1. The third kappa shape index (κ3) is 2.01. The van der Waals surface area contributed by atoms with Crippen molar-refractivity contribution >= 4 is 40.5 Å². The second kappa shape index (κ2) is 4.93. The van der Waals surface area contributed by atoms with E-state index >= 15 is 0 Å². The molecule has 108 valence electrons. The van der Waals surface area contributed by atoms with Crippen LogP contribution < -0.4 is 10.2 Å². The van der Waals surface area contributed by atoms with E-state index in [4.69, 9.17) is 11.6 Å². The van der Waals surface area contributed by atoms with E-state index in [0.29, 0.717) is 22.8 Å². The van der Waals surface area contributed by atoms with Crippen molar-refractivity contribution in [1.82, 2.24) is 4.57 Å². The maximum Gasteiger partial charge on any atom is 0.274 e. The van der Waals surface area contributed by atoms with Crippen LogP contribution in [0.5, 0.6) is 0 Å². The lowest BCUT2D eigenvalue weighted by molar-refractivity contribution is -0.115. The summed E-state index contributed by atoms with van der Waals surface area (Å²) in [5, 5.41) is 2.84. The first-order valence-corrected chi connectivity index (χ1v) is 7.03. The van der Waals surface area contributed by atoms with Crippen molar-refractivity contribution in [2.24, 2.45) is 7.05 Å². The Hall–Kier alpha value is -2.27. The van der Waals surface area contributed by atoms with Gasteiger partial charge in [0, 0.05) is 13.2 Å². The van der Waals surface area contributed by atoms with Gasteiger partial charge in [0.25, 0.3) is 5.91 Å². The Morgan fingerprint density at radius 2 is 2.05 bits per heavy atom. The zero-order chi connectivity index (χ0) is 15.1. The molecule has 3 rings (SSSR count). The van der Waals surface area contributed by atoms with Gasteiger partial charge in [-0.3, -0.25) is 14.5 Å². The summed E-state index contributed by atoms with van der Waals surface area (Å²) in [6.07, 6.45) is 1.83. The number of aryl methyl sites for hydroxylation is 2. The van der Waals surface area contributed by atoms with Crippen molar-refractivity contribution in [3.63, 3.8) is 0 Å². The van der Waals surface area contributed by atoms with Crippen molar-refractivity contribution in [3.05, 3.63) is 41.7 Å². The van der Waals surface area contributed by atoms with Crippen molar-refractivity contribution in [3.8, 4) is 0 Å². The molecule has 0 saturated heterocycles. The largest absolute Gasteiger partial charge is 0.345 e. The first-order valence-electron chi connectivity index (χ1n) is 6.49. The van der Waals surface area contributed by atoms with Gasteiger partial charge in [-0.15, -0.1) is 11.6 Å². The van der Waals surface area contributed by atoms with Gasteiger partial charge in [-0.1, -0.05) is 12.1 Å². The van der Waals surface area contributed by atoms with Crippen LogP contribution in [0.2, 0.25) is 0 Å². The molecule has 6 heteroatoms. The van der Waals surface area contributed by atoms with Gasteiger partial charge in [-0.25, -0.2) is 0 Å². The minimum Gasteiger partial charge on any atom is -0.345 e. The summed E-state index contributed by atoms with van der Waals surface area (Å²) in [5.74, 6) is -0.662. The number of para-hydroxylation sites is 2. The summed E-state index contributed by atoms with van der Waals surface area (Å²) in [7, 11) is 1.78. The molecule has 2 heterocycles. The van der Waals surface area contributed by atoms with E-state index < -0.39 is 0 Å². The highest BCUT2D eigenvalue weighted by Gasteiger charge is 2.32. The van der Waals surface area contributed by atoms with Gasteiger partial charge in [0.05, 0.1) is 17.1 Å². The van der Waals surface area contributed by atoms with E-state index in [1.807, 2.05) is 25.3 Å². The Morgan fingerprint density at radius 1 is 1.33 bits per heavy atom. The van der Waals surface area contributed by atoms with Crippen LogP contribution in [-0.4, -0.2) is 22.3 Å². The van der Waals surface area contributed by atoms with Crippen LogP contribution in [-0.2, 0) is 11.8 Å². The number of nitrogens with one attached hydrogen (secondary N) is 1. The summed E-state index contributed by atoms with van der Waals surface area (Å²) < 4.78 is 1.72. The Balaban J connectivity index is 2.34. The maximum atomic E-state index is 12.5.